The Labute approximate surface area is 135 Å². The maximum absolute atomic E-state index is 12.8. The first-order chi connectivity index (χ1) is 11.1. The topological polar surface area (TPSA) is 78.1 Å². The molecule has 2 amide bonds. The third-order valence-corrected chi connectivity index (χ3v) is 4.22. The molecule has 1 aliphatic heterocycles. The molecule has 122 valence electrons. The van der Waals surface area contributed by atoms with Crippen molar-refractivity contribution in [1.29, 1.82) is 0 Å². The first-order valence-corrected chi connectivity index (χ1v) is 8.04. The number of fused-ring (bicyclic) bond motifs is 1. The number of rotatable bonds is 4. The molecule has 3 rings (SSSR count). The van der Waals surface area contributed by atoms with Crippen LogP contribution in [0.2, 0.25) is 0 Å². The highest BCUT2D eigenvalue weighted by Crippen LogP contribution is 2.20. The Morgan fingerprint density at radius 2 is 2.30 bits per heavy atom. The van der Waals surface area contributed by atoms with Crippen LogP contribution >= 0.6 is 0 Å². The van der Waals surface area contributed by atoms with Crippen LogP contribution in [-0.2, 0) is 16.0 Å². The van der Waals surface area contributed by atoms with Crippen molar-refractivity contribution >= 4 is 22.8 Å². The van der Waals surface area contributed by atoms with Gasteiger partial charge in [0.05, 0.1) is 6.42 Å². The maximum Gasteiger partial charge on any atom is 0.242 e. The molecule has 3 heterocycles. The summed E-state index contributed by atoms with van der Waals surface area (Å²) in [5.74, 6) is 0.311. The number of carbonyl (C=O) groups is 2. The number of carbonyl (C=O) groups excluding carboxylic acids is 2. The normalized spacial score (nSPS) is 18.5. The third kappa shape index (κ3) is 3.21. The van der Waals surface area contributed by atoms with Crippen LogP contribution in [0, 0.1) is 5.92 Å². The van der Waals surface area contributed by atoms with Crippen molar-refractivity contribution in [3.05, 3.63) is 30.1 Å². The molecule has 0 aliphatic carbocycles. The number of hydrogen-bond acceptors (Lipinski definition) is 3. The van der Waals surface area contributed by atoms with Gasteiger partial charge in [-0.3, -0.25) is 9.59 Å². The summed E-state index contributed by atoms with van der Waals surface area (Å²) in [6, 6.07) is 3.45. The van der Waals surface area contributed by atoms with Gasteiger partial charge in [0.2, 0.25) is 11.8 Å². The van der Waals surface area contributed by atoms with Crippen molar-refractivity contribution in [3.63, 3.8) is 0 Å². The summed E-state index contributed by atoms with van der Waals surface area (Å²) in [4.78, 5) is 34.0. The molecule has 2 aromatic rings. The fraction of sp³-hybridized carbons (Fsp3) is 0.471. The van der Waals surface area contributed by atoms with E-state index in [0.29, 0.717) is 25.4 Å². The first kappa shape index (κ1) is 15.5. The van der Waals surface area contributed by atoms with Crippen molar-refractivity contribution in [3.8, 4) is 0 Å². The van der Waals surface area contributed by atoms with Gasteiger partial charge in [0.1, 0.15) is 11.7 Å². The highest BCUT2D eigenvalue weighted by Gasteiger charge is 2.33. The molecule has 1 saturated heterocycles. The molecule has 6 heteroatoms. The minimum atomic E-state index is -0.361. The van der Waals surface area contributed by atoms with E-state index in [4.69, 9.17) is 0 Å². The number of H-pyrrole nitrogens is 1. The molecule has 1 atom stereocenters. The summed E-state index contributed by atoms with van der Waals surface area (Å²) >= 11 is 0. The van der Waals surface area contributed by atoms with Gasteiger partial charge in [-0.05, 0) is 30.0 Å². The van der Waals surface area contributed by atoms with Gasteiger partial charge in [-0.15, -0.1) is 0 Å². The van der Waals surface area contributed by atoms with E-state index < -0.39 is 0 Å². The second kappa shape index (κ2) is 6.40. The number of amides is 2. The quantitative estimate of drug-likeness (QED) is 0.897. The van der Waals surface area contributed by atoms with E-state index in [2.05, 4.69) is 29.1 Å². The standard InChI is InChI=1S/C17H22N4O2/c1-11(2)8-14-17(23)19-6-7-21(14)15(22)9-12-10-20-16-13(12)4-3-5-18-16/h3-5,10-11,14H,6-9H2,1-2H3,(H,18,20)(H,19,23). The minimum Gasteiger partial charge on any atom is -0.353 e. The van der Waals surface area contributed by atoms with Gasteiger partial charge in [0.25, 0.3) is 0 Å². The summed E-state index contributed by atoms with van der Waals surface area (Å²) in [6.45, 7) is 5.23. The van der Waals surface area contributed by atoms with E-state index >= 15 is 0 Å². The molecule has 0 spiro atoms. The summed E-state index contributed by atoms with van der Waals surface area (Å²) in [6.07, 6.45) is 4.52. The highest BCUT2D eigenvalue weighted by molar-refractivity contribution is 5.91. The molecule has 1 aliphatic rings. The van der Waals surface area contributed by atoms with Crippen LogP contribution in [0.5, 0.6) is 0 Å². The summed E-state index contributed by atoms with van der Waals surface area (Å²) in [5.41, 5.74) is 1.71. The Hall–Kier alpha value is -2.37. The van der Waals surface area contributed by atoms with Crippen molar-refractivity contribution in [2.75, 3.05) is 13.1 Å². The summed E-state index contributed by atoms with van der Waals surface area (Å²) in [7, 11) is 0. The lowest BCUT2D eigenvalue weighted by Crippen LogP contribution is -2.57. The maximum atomic E-state index is 12.8. The van der Waals surface area contributed by atoms with Crippen LogP contribution in [-0.4, -0.2) is 45.8 Å². The molecule has 1 fully saturated rings. The highest BCUT2D eigenvalue weighted by atomic mass is 16.2. The van der Waals surface area contributed by atoms with Crippen molar-refractivity contribution < 1.29 is 9.59 Å². The average molecular weight is 314 g/mol. The number of aromatic amines is 1. The zero-order valence-electron chi connectivity index (χ0n) is 13.5. The molecule has 6 nitrogen and oxygen atoms in total. The molecular formula is C17H22N4O2. The fourth-order valence-corrected chi connectivity index (χ4v) is 3.12. The van der Waals surface area contributed by atoms with E-state index in [1.165, 1.54) is 0 Å². The molecule has 0 bridgehead atoms. The van der Waals surface area contributed by atoms with E-state index in [1.54, 1.807) is 11.1 Å². The first-order valence-electron chi connectivity index (χ1n) is 8.04. The van der Waals surface area contributed by atoms with Gasteiger partial charge in [-0.1, -0.05) is 13.8 Å². The molecule has 23 heavy (non-hydrogen) atoms. The number of nitrogens with one attached hydrogen (secondary N) is 2. The van der Waals surface area contributed by atoms with Gasteiger partial charge in [0, 0.05) is 30.9 Å². The summed E-state index contributed by atoms with van der Waals surface area (Å²) < 4.78 is 0. The lowest BCUT2D eigenvalue weighted by molar-refractivity contribution is -0.143. The van der Waals surface area contributed by atoms with Crippen LogP contribution in [0.1, 0.15) is 25.8 Å². The lowest BCUT2D eigenvalue weighted by Gasteiger charge is -2.36. The zero-order chi connectivity index (χ0) is 16.4. The number of aromatic nitrogens is 2. The van der Waals surface area contributed by atoms with Gasteiger partial charge in [-0.2, -0.15) is 0 Å². The predicted molar refractivity (Wildman–Crippen MR) is 87.8 cm³/mol. The number of piperazine rings is 1. The lowest BCUT2D eigenvalue weighted by atomic mass is 9.99. The Kier molecular flexibility index (Phi) is 4.32. The zero-order valence-corrected chi connectivity index (χ0v) is 13.5. The number of nitrogens with zero attached hydrogens (tertiary/aromatic N) is 2. The van der Waals surface area contributed by atoms with Crippen molar-refractivity contribution in [2.24, 2.45) is 5.92 Å². The van der Waals surface area contributed by atoms with Gasteiger partial charge < -0.3 is 15.2 Å². The molecule has 0 aromatic carbocycles. The largest absolute Gasteiger partial charge is 0.353 e. The SMILES string of the molecule is CC(C)CC1C(=O)NCCN1C(=O)Cc1c[nH]c2ncccc12. The second-order valence-corrected chi connectivity index (χ2v) is 6.41. The Morgan fingerprint density at radius 3 is 3.09 bits per heavy atom. The van der Waals surface area contributed by atoms with E-state index in [1.807, 2.05) is 18.3 Å². The Morgan fingerprint density at radius 1 is 1.48 bits per heavy atom. The molecule has 2 N–H and O–H groups in total. The van der Waals surface area contributed by atoms with Crippen LogP contribution in [0.25, 0.3) is 11.0 Å². The monoisotopic (exact) mass is 314 g/mol. The molecule has 0 radical (unpaired) electrons. The molecule has 1 unspecified atom stereocenters. The van der Waals surface area contributed by atoms with Gasteiger partial charge in [-0.25, -0.2) is 4.98 Å². The predicted octanol–water partition coefficient (Wildman–Crippen LogP) is 1.48. The van der Waals surface area contributed by atoms with Crippen LogP contribution < -0.4 is 5.32 Å². The molecule has 0 saturated carbocycles. The smallest absolute Gasteiger partial charge is 0.242 e. The third-order valence-electron chi connectivity index (χ3n) is 4.22. The fourth-order valence-electron chi connectivity index (χ4n) is 3.12. The second-order valence-electron chi connectivity index (χ2n) is 6.41. The Bertz CT molecular complexity index is 722. The molecule has 2 aromatic heterocycles. The van der Waals surface area contributed by atoms with E-state index in [9.17, 15) is 9.59 Å². The van der Waals surface area contributed by atoms with E-state index in [0.717, 1.165) is 16.6 Å². The average Bonchev–Trinajstić information content (AvgIpc) is 2.92. The minimum absolute atomic E-state index is 0.00440. The van der Waals surface area contributed by atoms with Crippen molar-refractivity contribution in [2.45, 2.75) is 32.7 Å². The van der Waals surface area contributed by atoms with Crippen LogP contribution in [0.4, 0.5) is 0 Å². The molecular weight excluding hydrogens is 292 g/mol. The number of hydrogen-bond donors (Lipinski definition) is 2. The van der Waals surface area contributed by atoms with Crippen LogP contribution in [0.3, 0.4) is 0 Å². The number of pyridine rings is 1. The summed E-state index contributed by atoms with van der Waals surface area (Å²) in [5, 5.41) is 3.82. The Balaban J connectivity index is 1.79. The van der Waals surface area contributed by atoms with Gasteiger partial charge in [0.15, 0.2) is 0 Å². The van der Waals surface area contributed by atoms with E-state index in [-0.39, 0.29) is 24.3 Å². The van der Waals surface area contributed by atoms with Crippen LogP contribution in [0.15, 0.2) is 24.5 Å². The van der Waals surface area contributed by atoms with Gasteiger partial charge >= 0.3 is 0 Å². The van der Waals surface area contributed by atoms with Crippen molar-refractivity contribution in [1.82, 2.24) is 20.2 Å².